The maximum Gasteiger partial charge on any atom is 0.238 e. The first-order chi connectivity index (χ1) is 13.8. The van der Waals surface area contributed by atoms with Crippen LogP contribution in [0.25, 0.3) is 0 Å². The highest BCUT2D eigenvalue weighted by molar-refractivity contribution is 7.89. The fourth-order valence-corrected chi connectivity index (χ4v) is 2.96. The van der Waals surface area contributed by atoms with Crippen LogP contribution in [-0.2, 0) is 10.0 Å². The summed E-state index contributed by atoms with van der Waals surface area (Å²) in [7, 11) is -3.80. The van der Waals surface area contributed by atoms with Crippen LogP contribution in [0.4, 0.5) is 23.1 Å². The Kier molecular flexibility index (Phi) is 5.97. The number of primary sulfonamides is 1. The Morgan fingerprint density at radius 2 is 1.90 bits per heavy atom. The summed E-state index contributed by atoms with van der Waals surface area (Å²) in [6.45, 7) is 2.08. The second kappa shape index (κ2) is 8.60. The van der Waals surface area contributed by atoms with E-state index in [9.17, 15) is 8.42 Å². The van der Waals surface area contributed by atoms with Gasteiger partial charge in [0.05, 0.1) is 4.90 Å². The Morgan fingerprint density at radius 3 is 2.59 bits per heavy atom. The van der Waals surface area contributed by atoms with Crippen molar-refractivity contribution in [1.82, 2.24) is 9.97 Å². The van der Waals surface area contributed by atoms with Crippen LogP contribution in [0.2, 0.25) is 0 Å². The fourth-order valence-electron chi connectivity index (χ4n) is 2.40. The lowest BCUT2D eigenvalue weighted by atomic mass is 10.3. The number of aromatic nitrogens is 2. The molecule has 148 valence electrons. The molecule has 0 atom stereocenters. The molecule has 0 amide bonds. The molecule has 0 saturated heterocycles. The van der Waals surface area contributed by atoms with Gasteiger partial charge in [-0.15, -0.1) is 6.42 Å². The molecule has 0 aliphatic carbocycles. The number of rotatable bonds is 7. The average Bonchev–Trinajstić information content (AvgIpc) is 2.69. The maximum atomic E-state index is 11.5. The SMILES string of the molecule is C#CCOc1ccc(Nc2nc(Nc3cccc(S(N)(=O)=O)c3)ncc2C)cc1. The monoisotopic (exact) mass is 409 g/mol. The number of nitrogens with two attached hydrogens (primary N) is 1. The fraction of sp³-hybridized carbons (Fsp3) is 0.100. The minimum absolute atomic E-state index is 0.0000966. The lowest BCUT2D eigenvalue weighted by Crippen LogP contribution is -2.12. The number of hydrogen-bond donors (Lipinski definition) is 3. The van der Waals surface area contributed by atoms with Crippen molar-refractivity contribution in [3.05, 3.63) is 60.3 Å². The van der Waals surface area contributed by atoms with Crippen LogP contribution < -0.4 is 20.5 Å². The van der Waals surface area contributed by atoms with Crippen LogP contribution in [0.15, 0.2) is 59.6 Å². The van der Waals surface area contributed by atoms with Gasteiger partial charge in [0.2, 0.25) is 16.0 Å². The van der Waals surface area contributed by atoms with Gasteiger partial charge < -0.3 is 15.4 Å². The molecule has 0 saturated carbocycles. The van der Waals surface area contributed by atoms with Gasteiger partial charge in [-0.3, -0.25) is 0 Å². The lowest BCUT2D eigenvalue weighted by molar-refractivity contribution is 0.370. The highest BCUT2D eigenvalue weighted by Crippen LogP contribution is 2.23. The maximum absolute atomic E-state index is 11.5. The molecule has 29 heavy (non-hydrogen) atoms. The van der Waals surface area contributed by atoms with Crippen LogP contribution >= 0.6 is 0 Å². The highest BCUT2D eigenvalue weighted by atomic mass is 32.2. The smallest absolute Gasteiger partial charge is 0.238 e. The molecule has 4 N–H and O–H groups in total. The second-order valence-electron chi connectivity index (χ2n) is 6.07. The van der Waals surface area contributed by atoms with Crippen molar-refractivity contribution in [2.75, 3.05) is 17.2 Å². The van der Waals surface area contributed by atoms with Crippen LogP contribution in [0.1, 0.15) is 5.56 Å². The molecular formula is C20H19N5O3S. The summed E-state index contributed by atoms with van der Waals surface area (Å²) in [6.07, 6.45) is 6.84. The molecular weight excluding hydrogens is 390 g/mol. The minimum atomic E-state index is -3.80. The van der Waals surface area contributed by atoms with Crippen molar-refractivity contribution in [2.45, 2.75) is 11.8 Å². The number of aryl methyl sites for hydroxylation is 1. The molecule has 0 radical (unpaired) electrons. The van der Waals surface area contributed by atoms with Gasteiger partial charge in [0.1, 0.15) is 18.2 Å². The van der Waals surface area contributed by atoms with Crippen molar-refractivity contribution in [2.24, 2.45) is 5.14 Å². The van der Waals surface area contributed by atoms with Gasteiger partial charge >= 0.3 is 0 Å². The van der Waals surface area contributed by atoms with Crippen LogP contribution in [0.3, 0.4) is 0 Å². The number of ether oxygens (including phenoxy) is 1. The number of anilines is 4. The first-order valence-electron chi connectivity index (χ1n) is 8.52. The van der Waals surface area contributed by atoms with E-state index in [4.69, 9.17) is 16.3 Å². The molecule has 2 aromatic carbocycles. The van der Waals surface area contributed by atoms with E-state index in [-0.39, 0.29) is 11.5 Å². The predicted octanol–water partition coefficient (Wildman–Crippen LogP) is 2.93. The molecule has 0 aliphatic rings. The Balaban J connectivity index is 1.77. The zero-order valence-electron chi connectivity index (χ0n) is 15.6. The second-order valence-corrected chi connectivity index (χ2v) is 7.63. The van der Waals surface area contributed by atoms with Crippen LogP contribution in [0, 0.1) is 19.3 Å². The van der Waals surface area contributed by atoms with Gasteiger partial charge in [0.25, 0.3) is 0 Å². The Hall–Kier alpha value is -3.61. The molecule has 0 bridgehead atoms. The van der Waals surface area contributed by atoms with E-state index in [1.165, 1.54) is 12.1 Å². The van der Waals surface area contributed by atoms with Crippen molar-refractivity contribution in [1.29, 1.82) is 0 Å². The third-order valence-electron chi connectivity index (χ3n) is 3.83. The summed E-state index contributed by atoms with van der Waals surface area (Å²) in [6, 6.07) is 13.4. The molecule has 0 unspecified atom stereocenters. The molecule has 9 heteroatoms. The first-order valence-corrected chi connectivity index (χ1v) is 10.1. The van der Waals surface area contributed by atoms with Gasteiger partial charge in [-0.1, -0.05) is 12.0 Å². The molecule has 1 aromatic heterocycles. The van der Waals surface area contributed by atoms with E-state index in [1.54, 1.807) is 30.5 Å². The lowest BCUT2D eigenvalue weighted by Gasteiger charge is -2.12. The van der Waals surface area contributed by atoms with Crippen molar-refractivity contribution < 1.29 is 13.2 Å². The molecule has 3 aromatic rings. The zero-order valence-corrected chi connectivity index (χ0v) is 16.4. The first kappa shape index (κ1) is 20.1. The summed E-state index contributed by atoms with van der Waals surface area (Å²) in [5.74, 6) is 3.99. The van der Waals surface area contributed by atoms with Crippen LogP contribution in [-0.4, -0.2) is 25.0 Å². The van der Waals surface area contributed by atoms with Crippen molar-refractivity contribution >= 4 is 33.2 Å². The van der Waals surface area contributed by atoms with Gasteiger partial charge in [-0.2, -0.15) is 4.98 Å². The van der Waals surface area contributed by atoms with E-state index >= 15 is 0 Å². The number of nitrogens with one attached hydrogen (secondary N) is 2. The summed E-state index contributed by atoms with van der Waals surface area (Å²) in [4.78, 5) is 8.69. The van der Waals surface area contributed by atoms with E-state index in [2.05, 4.69) is 26.5 Å². The van der Waals surface area contributed by atoms with E-state index in [0.717, 1.165) is 11.3 Å². The van der Waals surface area contributed by atoms with Gasteiger partial charge in [-0.25, -0.2) is 18.5 Å². The largest absolute Gasteiger partial charge is 0.481 e. The number of benzene rings is 2. The number of hydrogen-bond acceptors (Lipinski definition) is 7. The number of terminal acetylenes is 1. The molecule has 3 rings (SSSR count). The topological polar surface area (TPSA) is 119 Å². The summed E-state index contributed by atoms with van der Waals surface area (Å²) >= 11 is 0. The standard InChI is InChI=1S/C20H19N5O3S/c1-3-11-28-17-9-7-15(8-10-17)23-19-14(2)13-22-20(25-19)24-16-5-4-6-18(12-16)29(21,26)27/h1,4-10,12-13H,11H2,2H3,(H2,21,26,27)(H2,22,23,24,25). The predicted molar refractivity (Wildman–Crippen MR) is 112 cm³/mol. The van der Waals surface area contributed by atoms with Gasteiger partial charge in [0, 0.05) is 23.1 Å². The summed E-state index contributed by atoms with van der Waals surface area (Å²) in [5.41, 5.74) is 2.14. The third kappa shape index (κ3) is 5.44. The summed E-state index contributed by atoms with van der Waals surface area (Å²) < 4.78 is 28.4. The van der Waals surface area contributed by atoms with Crippen molar-refractivity contribution in [3.63, 3.8) is 0 Å². The molecule has 1 heterocycles. The Bertz CT molecular complexity index is 1160. The average molecular weight is 409 g/mol. The Morgan fingerprint density at radius 1 is 1.14 bits per heavy atom. The Labute approximate surface area is 169 Å². The molecule has 0 aliphatic heterocycles. The number of sulfonamides is 1. The molecule has 0 fully saturated rings. The molecule has 0 spiro atoms. The number of nitrogens with zero attached hydrogens (tertiary/aromatic N) is 2. The minimum Gasteiger partial charge on any atom is -0.481 e. The van der Waals surface area contributed by atoms with E-state index in [1.807, 2.05) is 19.1 Å². The zero-order chi connectivity index (χ0) is 20.9. The van der Waals surface area contributed by atoms with Crippen molar-refractivity contribution in [3.8, 4) is 18.1 Å². The molecule has 8 nitrogen and oxygen atoms in total. The van der Waals surface area contributed by atoms with Gasteiger partial charge in [0.15, 0.2) is 0 Å². The highest BCUT2D eigenvalue weighted by Gasteiger charge is 2.10. The van der Waals surface area contributed by atoms with Gasteiger partial charge in [-0.05, 0) is 49.4 Å². The van der Waals surface area contributed by atoms with Crippen LogP contribution in [0.5, 0.6) is 5.75 Å². The summed E-state index contributed by atoms with van der Waals surface area (Å²) in [5, 5.41) is 11.4. The quantitative estimate of drug-likeness (QED) is 0.513. The normalized spacial score (nSPS) is 10.8. The third-order valence-corrected chi connectivity index (χ3v) is 4.74. The van der Waals surface area contributed by atoms with E-state index in [0.29, 0.717) is 23.2 Å². The van der Waals surface area contributed by atoms with E-state index < -0.39 is 10.0 Å².